The number of aliphatic carboxylic acids is 1. The van der Waals surface area contributed by atoms with Crippen molar-refractivity contribution >= 4 is 22.8 Å². The van der Waals surface area contributed by atoms with E-state index in [1.807, 2.05) is 13.8 Å². The van der Waals surface area contributed by atoms with Gasteiger partial charge in [0.05, 0.1) is 0 Å². The van der Waals surface area contributed by atoms with E-state index in [0.29, 0.717) is 31.0 Å². The summed E-state index contributed by atoms with van der Waals surface area (Å²) in [6.07, 6.45) is 0.404. The van der Waals surface area contributed by atoms with Crippen LogP contribution >= 0.6 is 0 Å². The maximum absolute atomic E-state index is 11.9. The van der Waals surface area contributed by atoms with Gasteiger partial charge in [-0.25, -0.2) is 9.59 Å². The minimum absolute atomic E-state index is 0.195. The first-order chi connectivity index (χ1) is 8.40. The van der Waals surface area contributed by atoms with Crippen LogP contribution in [0.3, 0.4) is 0 Å². The second-order valence-corrected chi connectivity index (χ2v) is 6.50. The van der Waals surface area contributed by atoms with Crippen LogP contribution in [0.1, 0.15) is 20.3 Å². The molecule has 1 saturated heterocycles. The van der Waals surface area contributed by atoms with Crippen LogP contribution in [0, 0.1) is 5.92 Å². The lowest BCUT2D eigenvalue weighted by Crippen LogP contribution is -2.51. The fourth-order valence-electron chi connectivity index (χ4n) is 1.77. The maximum Gasteiger partial charge on any atom is 0.326 e. The molecule has 0 spiro atoms. The summed E-state index contributed by atoms with van der Waals surface area (Å²) in [5.74, 6) is 0.114. The molecule has 7 heteroatoms. The number of amides is 2. The van der Waals surface area contributed by atoms with Crippen LogP contribution in [0.5, 0.6) is 0 Å². The van der Waals surface area contributed by atoms with Crippen molar-refractivity contribution in [2.45, 2.75) is 26.3 Å². The van der Waals surface area contributed by atoms with Crippen LogP contribution in [0.15, 0.2) is 0 Å². The lowest BCUT2D eigenvalue weighted by Gasteiger charge is -2.28. The number of carboxylic acids is 1. The van der Waals surface area contributed by atoms with E-state index >= 15 is 0 Å². The van der Waals surface area contributed by atoms with Crippen molar-refractivity contribution in [2.24, 2.45) is 5.92 Å². The van der Waals surface area contributed by atoms with Gasteiger partial charge in [0.25, 0.3) is 0 Å². The Balaban J connectivity index is 2.50. The van der Waals surface area contributed by atoms with Crippen LogP contribution in [0.4, 0.5) is 4.79 Å². The minimum Gasteiger partial charge on any atom is -0.480 e. The van der Waals surface area contributed by atoms with Crippen molar-refractivity contribution in [3.05, 3.63) is 0 Å². The van der Waals surface area contributed by atoms with Gasteiger partial charge in [-0.2, -0.15) is 0 Å². The second kappa shape index (κ2) is 6.72. The number of hydrogen-bond acceptors (Lipinski definition) is 3. The van der Waals surface area contributed by atoms with E-state index in [1.54, 1.807) is 0 Å². The summed E-state index contributed by atoms with van der Waals surface area (Å²) in [6, 6.07) is -1.23. The molecule has 0 aliphatic carbocycles. The summed E-state index contributed by atoms with van der Waals surface area (Å²) in [5.41, 5.74) is 0. The fourth-order valence-corrected chi connectivity index (χ4v) is 2.83. The Morgan fingerprint density at radius 2 is 1.89 bits per heavy atom. The van der Waals surface area contributed by atoms with Gasteiger partial charge in [-0.3, -0.25) is 4.21 Å². The molecular formula is C11H20N2O4S. The molecule has 104 valence electrons. The molecule has 0 aromatic carbocycles. The zero-order valence-corrected chi connectivity index (χ0v) is 11.5. The number of rotatable bonds is 4. The average molecular weight is 276 g/mol. The summed E-state index contributed by atoms with van der Waals surface area (Å²) >= 11 is 0. The Labute approximate surface area is 109 Å². The summed E-state index contributed by atoms with van der Waals surface area (Å²) < 4.78 is 11.2. The van der Waals surface area contributed by atoms with Gasteiger partial charge in [-0.05, 0) is 12.3 Å². The Morgan fingerprint density at radius 3 is 2.33 bits per heavy atom. The highest BCUT2D eigenvalue weighted by Crippen LogP contribution is 2.07. The molecule has 1 rings (SSSR count). The van der Waals surface area contributed by atoms with E-state index in [0.717, 1.165) is 0 Å². The Hall–Kier alpha value is -1.11. The highest BCUT2D eigenvalue weighted by molar-refractivity contribution is 7.85. The molecule has 2 N–H and O–H groups in total. The van der Waals surface area contributed by atoms with E-state index in [-0.39, 0.29) is 11.9 Å². The predicted molar refractivity (Wildman–Crippen MR) is 68.9 cm³/mol. The Morgan fingerprint density at radius 1 is 1.33 bits per heavy atom. The van der Waals surface area contributed by atoms with E-state index in [2.05, 4.69) is 5.32 Å². The van der Waals surface area contributed by atoms with Gasteiger partial charge in [-0.1, -0.05) is 13.8 Å². The van der Waals surface area contributed by atoms with Gasteiger partial charge < -0.3 is 15.3 Å². The van der Waals surface area contributed by atoms with Gasteiger partial charge in [0.1, 0.15) is 6.04 Å². The van der Waals surface area contributed by atoms with Crippen LogP contribution in [-0.2, 0) is 15.6 Å². The standard InChI is InChI=1S/C11H20N2O4S/c1-8(2)7-9(10(14)15)12-11(16)13-3-5-18(17)6-4-13/h8-9H,3-7H2,1-2H3,(H,12,16)(H,14,15)/t9-/m0/s1. The quantitative estimate of drug-likeness (QED) is 0.771. The summed E-state index contributed by atoms with van der Waals surface area (Å²) in [4.78, 5) is 24.4. The van der Waals surface area contributed by atoms with Crippen LogP contribution < -0.4 is 5.32 Å². The van der Waals surface area contributed by atoms with Gasteiger partial charge in [0, 0.05) is 35.4 Å². The van der Waals surface area contributed by atoms with E-state index in [1.165, 1.54) is 4.90 Å². The van der Waals surface area contributed by atoms with E-state index in [9.17, 15) is 13.8 Å². The lowest BCUT2D eigenvalue weighted by molar-refractivity contribution is -0.139. The molecule has 1 heterocycles. The molecule has 0 radical (unpaired) electrons. The third-order valence-electron chi connectivity index (χ3n) is 2.77. The van der Waals surface area contributed by atoms with E-state index in [4.69, 9.17) is 5.11 Å². The van der Waals surface area contributed by atoms with Crippen molar-refractivity contribution in [1.82, 2.24) is 10.2 Å². The van der Waals surface area contributed by atoms with Crippen molar-refractivity contribution in [1.29, 1.82) is 0 Å². The first-order valence-corrected chi connectivity index (χ1v) is 7.52. The molecule has 0 aromatic rings. The summed E-state index contributed by atoms with van der Waals surface area (Å²) in [5, 5.41) is 11.6. The molecule has 1 aliphatic heterocycles. The van der Waals surface area contributed by atoms with Gasteiger partial charge in [0.15, 0.2) is 0 Å². The normalized spacial score (nSPS) is 18.7. The molecule has 0 saturated carbocycles. The Kier molecular flexibility index (Phi) is 5.58. The monoisotopic (exact) mass is 276 g/mol. The Bertz CT molecular complexity index is 336. The maximum atomic E-state index is 11.9. The molecule has 0 aromatic heterocycles. The largest absolute Gasteiger partial charge is 0.480 e. The van der Waals surface area contributed by atoms with Crippen molar-refractivity contribution in [3.63, 3.8) is 0 Å². The zero-order valence-electron chi connectivity index (χ0n) is 10.7. The lowest BCUT2D eigenvalue weighted by atomic mass is 10.0. The number of nitrogens with one attached hydrogen (secondary N) is 1. The molecule has 1 aliphatic rings. The van der Waals surface area contributed by atoms with Crippen LogP contribution in [0.2, 0.25) is 0 Å². The van der Waals surface area contributed by atoms with Crippen molar-refractivity contribution in [2.75, 3.05) is 24.6 Å². The summed E-state index contributed by atoms with van der Waals surface area (Å²) in [7, 11) is -0.846. The third kappa shape index (κ3) is 4.64. The van der Waals surface area contributed by atoms with Crippen molar-refractivity contribution < 1.29 is 18.9 Å². The number of carboxylic acid groups (broad SMARTS) is 1. The van der Waals surface area contributed by atoms with Gasteiger partial charge >= 0.3 is 12.0 Å². The van der Waals surface area contributed by atoms with Gasteiger partial charge in [0.2, 0.25) is 0 Å². The smallest absolute Gasteiger partial charge is 0.326 e. The molecule has 2 amide bonds. The molecule has 0 unspecified atom stereocenters. The van der Waals surface area contributed by atoms with Crippen LogP contribution in [-0.4, -0.2) is 56.9 Å². The third-order valence-corrected chi connectivity index (χ3v) is 4.04. The number of nitrogens with zero attached hydrogens (tertiary/aromatic N) is 1. The summed E-state index contributed by atoms with van der Waals surface area (Å²) in [6.45, 7) is 4.66. The highest BCUT2D eigenvalue weighted by atomic mass is 32.2. The number of hydrogen-bond donors (Lipinski definition) is 2. The van der Waals surface area contributed by atoms with Crippen molar-refractivity contribution in [3.8, 4) is 0 Å². The van der Waals surface area contributed by atoms with E-state index < -0.39 is 22.8 Å². The SMILES string of the molecule is CC(C)C[C@H](NC(=O)N1CCS(=O)CC1)C(=O)O. The average Bonchev–Trinajstić information content (AvgIpc) is 2.28. The number of carbonyl (C=O) groups is 2. The predicted octanol–water partition coefficient (Wildman–Crippen LogP) is 0.260. The minimum atomic E-state index is -1.02. The fraction of sp³-hybridized carbons (Fsp3) is 0.818. The van der Waals surface area contributed by atoms with Gasteiger partial charge in [-0.15, -0.1) is 0 Å². The molecule has 1 fully saturated rings. The van der Waals surface area contributed by atoms with Crippen LogP contribution in [0.25, 0.3) is 0 Å². The highest BCUT2D eigenvalue weighted by Gasteiger charge is 2.25. The first kappa shape index (κ1) is 14.9. The molecule has 1 atom stereocenters. The molecule has 18 heavy (non-hydrogen) atoms. The topological polar surface area (TPSA) is 86.7 Å². The molecular weight excluding hydrogens is 256 g/mol. The number of urea groups is 1. The molecule has 0 bridgehead atoms. The second-order valence-electron chi connectivity index (χ2n) is 4.80. The zero-order chi connectivity index (χ0) is 13.7. The molecule has 6 nitrogen and oxygen atoms in total. The number of carbonyl (C=O) groups excluding carboxylic acids is 1. The first-order valence-electron chi connectivity index (χ1n) is 6.03.